The van der Waals surface area contributed by atoms with Crippen LogP contribution in [0.5, 0.6) is 0 Å². The van der Waals surface area contributed by atoms with E-state index in [1.807, 2.05) is 11.4 Å². The van der Waals surface area contributed by atoms with Gasteiger partial charge in [0.25, 0.3) is 5.89 Å². The minimum absolute atomic E-state index is 0.0207. The van der Waals surface area contributed by atoms with Gasteiger partial charge >= 0.3 is 11.7 Å². The normalized spacial score (nSPS) is 13.6. The molecule has 0 saturated heterocycles. The van der Waals surface area contributed by atoms with Crippen molar-refractivity contribution < 1.29 is 23.5 Å². The number of carbonyl (C=O) groups is 3. The van der Waals surface area contributed by atoms with Crippen molar-refractivity contribution >= 4 is 34.7 Å². The molecule has 0 unspecified atom stereocenters. The topological polar surface area (TPSA) is 112 Å². The number of hydrogen-bond donors (Lipinski definition) is 0. The highest BCUT2D eigenvalue weighted by molar-refractivity contribution is 7.13. The van der Waals surface area contributed by atoms with E-state index >= 15 is 0 Å². The Kier molecular flexibility index (Phi) is 6.04. The number of amides is 1. The average molecular weight is 455 g/mol. The highest BCUT2D eigenvalue weighted by Crippen LogP contribution is 2.29. The third kappa shape index (κ3) is 4.40. The summed E-state index contributed by atoms with van der Waals surface area (Å²) in [4.78, 5) is 50.9. The number of anilines is 1. The molecule has 2 aromatic heterocycles. The Bertz CT molecular complexity index is 1230. The summed E-state index contributed by atoms with van der Waals surface area (Å²) in [7, 11) is 0. The van der Waals surface area contributed by atoms with Gasteiger partial charge in [0.15, 0.2) is 6.10 Å². The van der Waals surface area contributed by atoms with Crippen LogP contribution >= 0.6 is 11.3 Å². The van der Waals surface area contributed by atoms with Gasteiger partial charge in [-0.3, -0.25) is 14.4 Å². The number of hydrogen-bond acceptors (Lipinski definition) is 8. The van der Waals surface area contributed by atoms with Crippen LogP contribution in [0.4, 0.5) is 5.69 Å². The molecule has 0 bridgehead atoms. The lowest BCUT2D eigenvalue weighted by molar-refractivity contribution is -0.146. The summed E-state index contributed by atoms with van der Waals surface area (Å²) in [5.41, 5.74) is 2.14. The molecule has 1 aromatic carbocycles. The molecular weight excluding hydrogens is 434 g/mol. The predicted octanol–water partition coefficient (Wildman–Crippen LogP) is 2.68. The van der Waals surface area contributed by atoms with Crippen molar-refractivity contribution in [1.29, 1.82) is 0 Å². The number of thiophene rings is 1. The van der Waals surface area contributed by atoms with Crippen LogP contribution in [0.1, 0.15) is 36.2 Å². The molecule has 3 aromatic rings. The van der Waals surface area contributed by atoms with E-state index in [9.17, 15) is 19.2 Å². The number of aromatic nitrogens is 2. The second-order valence-corrected chi connectivity index (χ2v) is 8.33. The van der Waals surface area contributed by atoms with Crippen LogP contribution in [0, 0.1) is 0 Å². The number of esters is 1. The van der Waals surface area contributed by atoms with E-state index in [4.69, 9.17) is 9.15 Å². The number of nitrogens with zero attached hydrogens (tertiary/aromatic N) is 3. The SMILES string of the molecule is CC(=O)N1CCc2cc(C(=O)[C@@H](C)OC(=O)CCn3nc(-c4cccs4)oc3=O)ccc21. The Hall–Kier alpha value is -3.53. The van der Waals surface area contributed by atoms with E-state index in [2.05, 4.69) is 5.10 Å². The van der Waals surface area contributed by atoms with Crippen molar-refractivity contribution in [3.63, 3.8) is 0 Å². The minimum Gasteiger partial charge on any atom is -0.454 e. The van der Waals surface area contributed by atoms with Gasteiger partial charge in [-0.2, -0.15) is 4.68 Å². The Balaban J connectivity index is 1.35. The van der Waals surface area contributed by atoms with Crippen molar-refractivity contribution in [3.05, 3.63) is 57.4 Å². The predicted molar refractivity (Wildman–Crippen MR) is 117 cm³/mol. The van der Waals surface area contributed by atoms with Gasteiger partial charge in [-0.15, -0.1) is 16.4 Å². The van der Waals surface area contributed by atoms with E-state index in [1.54, 1.807) is 29.2 Å². The molecule has 1 amide bonds. The van der Waals surface area contributed by atoms with Crippen molar-refractivity contribution in [1.82, 2.24) is 9.78 Å². The van der Waals surface area contributed by atoms with E-state index < -0.39 is 17.8 Å². The molecule has 1 aliphatic heterocycles. The molecule has 1 aliphatic rings. The molecule has 0 fully saturated rings. The molecular formula is C22H21N3O6S. The molecule has 9 nitrogen and oxygen atoms in total. The van der Waals surface area contributed by atoms with Crippen LogP contribution in [0.3, 0.4) is 0 Å². The first-order valence-electron chi connectivity index (χ1n) is 10.1. The number of Topliss-reactive ketones (excluding diaryl/α,β-unsaturated/α-hetero) is 1. The zero-order chi connectivity index (χ0) is 22.8. The smallest absolute Gasteiger partial charge is 0.437 e. The Labute approximate surface area is 187 Å². The van der Waals surface area contributed by atoms with Gasteiger partial charge < -0.3 is 14.1 Å². The molecule has 0 radical (unpaired) electrons. The number of carbonyl (C=O) groups excluding carboxylic acids is 3. The molecule has 0 saturated carbocycles. The largest absolute Gasteiger partial charge is 0.454 e. The maximum Gasteiger partial charge on any atom is 0.437 e. The molecule has 0 aliphatic carbocycles. The van der Waals surface area contributed by atoms with E-state index in [0.29, 0.717) is 23.4 Å². The lowest BCUT2D eigenvalue weighted by atomic mass is 10.0. The second-order valence-electron chi connectivity index (χ2n) is 7.38. The summed E-state index contributed by atoms with van der Waals surface area (Å²) in [5, 5.41) is 5.92. The van der Waals surface area contributed by atoms with Gasteiger partial charge in [0.1, 0.15) is 0 Å². The number of ketones is 1. The Morgan fingerprint density at radius 2 is 2.09 bits per heavy atom. The number of benzene rings is 1. The molecule has 10 heteroatoms. The fraction of sp³-hybridized carbons (Fsp3) is 0.318. The van der Waals surface area contributed by atoms with E-state index in [-0.39, 0.29) is 30.5 Å². The number of fused-ring (bicyclic) bond motifs is 1. The minimum atomic E-state index is -0.985. The lowest BCUT2D eigenvalue weighted by Crippen LogP contribution is -2.26. The maximum absolute atomic E-state index is 12.7. The van der Waals surface area contributed by atoms with Crippen LogP contribution in [-0.4, -0.2) is 40.1 Å². The standard InChI is InChI=1S/C22H21N3O6S/c1-13(20(28)16-5-6-17-15(12-16)7-9-24(17)14(2)26)30-19(27)8-10-25-22(29)31-21(23-25)18-4-3-11-32-18/h3-6,11-13H,7-10H2,1-2H3/t13-/m1/s1. The molecule has 166 valence electrons. The third-order valence-electron chi connectivity index (χ3n) is 5.18. The third-order valence-corrected chi connectivity index (χ3v) is 6.04. The maximum atomic E-state index is 12.7. The van der Waals surface area contributed by atoms with Crippen LogP contribution < -0.4 is 10.7 Å². The summed E-state index contributed by atoms with van der Waals surface area (Å²) in [6.07, 6.45) is -0.447. The molecule has 4 rings (SSSR count). The summed E-state index contributed by atoms with van der Waals surface area (Å²) in [6.45, 7) is 3.58. The average Bonchev–Trinajstić information content (AvgIpc) is 3.50. The summed E-state index contributed by atoms with van der Waals surface area (Å²) in [5.74, 6) is -1.47. The molecule has 0 spiro atoms. The van der Waals surface area contributed by atoms with Crippen LogP contribution in [0.25, 0.3) is 10.8 Å². The first kappa shape index (κ1) is 21.7. The fourth-order valence-corrected chi connectivity index (χ4v) is 4.22. The fourth-order valence-electron chi connectivity index (χ4n) is 3.57. The van der Waals surface area contributed by atoms with Gasteiger partial charge in [0.2, 0.25) is 11.7 Å². The number of ether oxygens (including phenoxy) is 1. The van der Waals surface area contributed by atoms with Crippen LogP contribution in [-0.2, 0) is 27.3 Å². The lowest BCUT2D eigenvalue weighted by Gasteiger charge is -2.16. The van der Waals surface area contributed by atoms with Crippen molar-refractivity contribution in [2.75, 3.05) is 11.4 Å². The Morgan fingerprint density at radius 3 is 2.81 bits per heavy atom. The summed E-state index contributed by atoms with van der Waals surface area (Å²) < 4.78 is 11.4. The zero-order valence-electron chi connectivity index (χ0n) is 17.6. The van der Waals surface area contributed by atoms with Crippen molar-refractivity contribution in [3.8, 4) is 10.8 Å². The molecule has 32 heavy (non-hydrogen) atoms. The number of rotatable bonds is 7. The highest BCUT2D eigenvalue weighted by atomic mass is 32.1. The van der Waals surface area contributed by atoms with E-state index in [1.165, 1.54) is 25.2 Å². The van der Waals surface area contributed by atoms with Gasteiger partial charge in [0.05, 0.1) is 17.8 Å². The van der Waals surface area contributed by atoms with E-state index in [0.717, 1.165) is 15.9 Å². The zero-order valence-corrected chi connectivity index (χ0v) is 18.4. The van der Waals surface area contributed by atoms with Crippen LogP contribution in [0.15, 0.2) is 44.9 Å². The molecule has 1 atom stereocenters. The summed E-state index contributed by atoms with van der Waals surface area (Å²) >= 11 is 1.38. The molecule has 3 heterocycles. The molecule has 0 N–H and O–H groups in total. The first-order valence-corrected chi connectivity index (χ1v) is 11.0. The second kappa shape index (κ2) is 8.91. The summed E-state index contributed by atoms with van der Waals surface area (Å²) in [6, 6.07) is 8.71. The van der Waals surface area contributed by atoms with Crippen molar-refractivity contribution in [2.24, 2.45) is 0 Å². The first-order chi connectivity index (χ1) is 15.3. The number of aryl methyl sites for hydroxylation is 1. The monoisotopic (exact) mass is 455 g/mol. The van der Waals surface area contributed by atoms with Gasteiger partial charge in [-0.05, 0) is 48.6 Å². The van der Waals surface area contributed by atoms with Crippen LogP contribution in [0.2, 0.25) is 0 Å². The van der Waals surface area contributed by atoms with Gasteiger partial charge in [-0.25, -0.2) is 4.79 Å². The Morgan fingerprint density at radius 1 is 1.28 bits per heavy atom. The van der Waals surface area contributed by atoms with Crippen molar-refractivity contribution in [2.45, 2.75) is 39.3 Å². The quantitative estimate of drug-likeness (QED) is 0.398. The van der Waals surface area contributed by atoms with Gasteiger partial charge in [0, 0.05) is 24.7 Å². The van der Waals surface area contributed by atoms with Gasteiger partial charge in [-0.1, -0.05) is 6.07 Å². The highest BCUT2D eigenvalue weighted by Gasteiger charge is 2.25.